The molecule has 13 nitrogen and oxygen atoms in total. The van der Waals surface area contributed by atoms with Gasteiger partial charge in [-0.05, 0) is 23.8 Å². The number of hydrogen-bond donors (Lipinski definition) is 3. The van der Waals surface area contributed by atoms with Gasteiger partial charge >= 0.3 is 5.97 Å². The normalized spacial score (nSPS) is 13.5. The van der Waals surface area contributed by atoms with Crippen molar-refractivity contribution in [2.24, 2.45) is 7.05 Å². The summed E-state index contributed by atoms with van der Waals surface area (Å²) in [6.45, 7) is 2.33. The fourth-order valence-corrected chi connectivity index (χ4v) is 4.99. The molecule has 1 aliphatic rings. The van der Waals surface area contributed by atoms with Gasteiger partial charge in [0.15, 0.2) is 5.82 Å². The third kappa shape index (κ3) is 5.66. The van der Waals surface area contributed by atoms with Gasteiger partial charge in [-0.1, -0.05) is 12.1 Å². The SMILES string of the molecule is CC(=O)N1CCN(c2nn(CC(=O)NCC(=O)NCC(=O)O)c3cccc(-c4cc5c(cnn5C)cc4F)c23)CC1. The third-order valence-corrected chi connectivity index (χ3v) is 7.09. The van der Waals surface area contributed by atoms with E-state index >= 15 is 4.39 Å². The highest BCUT2D eigenvalue weighted by atomic mass is 19.1. The van der Waals surface area contributed by atoms with Gasteiger partial charge < -0.3 is 25.5 Å². The lowest BCUT2D eigenvalue weighted by molar-refractivity contribution is -0.137. The van der Waals surface area contributed by atoms with E-state index in [2.05, 4.69) is 15.7 Å². The average Bonchev–Trinajstić information content (AvgIpc) is 3.50. The molecule has 0 saturated carbocycles. The van der Waals surface area contributed by atoms with Crippen LogP contribution in [0.25, 0.3) is 32.9 Å². The maximum absolute atomic E-state index is 15.5. The Hall–Kier alpha value is -5.01. The minimum Gasteiger partial charge on any atom is -0.480 e. The first-order chi connectivity index (χ1) is 19.6. The summed E-state index contributed by atoms with van der Waals surface area (Å²) in [7, 11) is 1.78. The molecule has 214 valence electrons. The number of piperazine rings is 1. The fraction of sp³-hybridized carbons (Fsp3) is 0.333. The lowest BCUT2D eigenvalue weighted by Gasteiger charge is -2.34. The molecule has 0 spiro atoms. The highest BCUT2D eigenvalue weighted by Gasteiger charge is 2.26. The molecule has 0 atom stereocenters. The summed E-state index contributed by atoms with van der Waals surface area (Å²) in [6, 6.07) is 8.53. The molecule has 0 bridgehead atoms. The summed E-state index contributed by atoms with van der Waals surface area (Å²) < 4.78 is 18.7. The van der Waals surface area contributed by atoms with Gasteiger partial charge in [-0.15, -0.1) is 0 Å². The second-order valence-electron chi connectivity index (χ2n) is 9.78. The highest BCUT2D eigenvalue weighted by Crippen LogP contribution is 2.38. The van der Waals surface area contributed by atoms with Gasteiger partial charge in [0.25, 0.3) is 0 Å². The number of fused-ring (bicyclic) bond motifs is 2. The number of nitrogens with one attached hydrogen (secondary N) is 2. The molecular weight excluding hydrogens is 535 g/mol. The number of carboxylic acids is 1. The number of carbonyl (C=O) groups is 4. The Morgan fingerprint density at radius 1 is 0.976 bits per heavy atom. The standard InChI is InChI=1S/C27H29FN8O5/c1-16(37)34-6-8-35(9-7-34)27-26-18(19-11-22-17(10-20(19)28)12-31-33(22)2)4-3-5-21(26)36(32-27)15-24(39)29-13-23(38)30-14-25(40)41/h3-5,10-12H,6-9,13-15H2,1-2H3,(H,29,39)(H,30,38)(H,40,41). The smallest absolute Gasteiger partial charge is 0.322 e. The van der Waals surface area contributed by atoms with Crippen LogP contribution in [0.2, 0.25) is 0 Å². The van der Waals surface area contributed by atoms with E-state index in [-0.39, 0.29) is 12.5 Å². The van der Waals surface area contributed by atoms with Crippen LogP contribution in [0.1, 0.15) is 6.92 Å². The van der Waals surface area contributed by atoms with Gasteiger partial charge in [0, 0.05) is 51.1 Å². The van der Waals surface area contributed by atoms with E-state index in [4.69, 9.17) is 10.2 Å². The molecular formula is C27H29FN8O5. The van der Waals surface area contributed by atoms with Crippen LogP contribution in [-0.2, 0) is 32.8 Å². The van der Waals surface area contributed by atoms with Crippen LogP contribution in [-0.4, -0.2) is 92.5 Å². The average molecular weight is 565 g/mol. The zero-order valence-electron chi connectivity index (χ0n) is 22.6. The van der Waals surface area contributed by atoms with Crippen molar-refractivity contribution in [2.45, 2.75) is 13.5 Å². The van der Waals surface area contributed by atoms with E-state index in [0.717, 1.165) is 5.52 Å². The van der Waals surface area contributed by atoms with E-state index in [1.807, 2.05) is 4.90 Å². The molecule has 0 radical (unpaired) electrons. The molecule has 3 heterocycles. The highest BCUT2D eigenvalue weighted by molar-refractivity contribution is 6.04. The van der Waals surface area contributed by atoms with Crippen LogP contribution in [0.3, 0.4) is 0 Å². The molecule has 0 aliphatic carbocycles. The Kier molecular flexibility index (Phi) is 7.55. The molecule has 3 N–H and O–H groups in total. The lowest BCUT2D eigenvalue weighted by atomic mass is 9.99. The van der Waals surface area contributed by atoms with E-state index in [9.17, 15) is 19.2 Å². The predicted octanol–water partition coefficient (Wildman–Crippen LogP) is 0.715. The van der Waals surface area contributed by atoms with Crippen molar-refractivity contribution in [2.75, 3.05) is 44.2 Å². The van der Waals surface area contributed by atoms with Gasteiger partial charge in [-0.3, -0.25) is 28.5 Å². The zero-order valence-corrected chi connectivity index (χ0v) is 22.6. The van der Waals surface area contributed by atoms with Crippen molar-refractivity contribution < 1.29 is 28.7 Å². The van der Waals surface area contributed by atoms with Crippen LogP contribution >= 0.6 is 0 Å². The lowest BCUT2D eigenvalue weighted by Crippen LogP contribution is -2.48. The first-order valence-electron chi connectivity index (χ1n) is 13.0. The molecule has 1 fully saturated rings. The Labute approximate surface area is 233 Å². The van der Waals surface area contributed by atoms with Crippen molar-refractivity contribution >= 4 is 51.3 Å². The summed E-state index contributed by atoms with van der Waals surface area (Å²) in [5, 5.41) is 23.7. The molecule has 1 aliphatic heterocycles. The third-order valence-electron chi connectivity index (χ3n) is 7.09. The number of nitrogens with zero attached hydrogens (tertiary/aromatic N) is 6. The zero-order chi connectivity index (χ0) is 29.3. The van der Waals surface area contributed by atoms with Crippen LogP contribution in [0.4, 0.5) is 10.2 Å². The van der Waals surface area contributed by atoms with Gasteiger partial charge in [-0.2, -0.15) is 10.2 Å². The number of aromatic nitrogens is 4. The van der Waals surface area contributed by atoms with Crippen LogP contribution in [0.15, 0.2) is 36.5 Å². The van der Waals surface area contributed by atoms with Crippen LogP contribution in [0, 0.1) is 5.82 Å². The van der Waals surface area contributed by atoms with Gasteiger partial charge in [0.05, 0.1) is 29.2 Å². The molecule has 2 aromatic carbocycles. The summed E-state index contributed by atoms with van der Waals surface area (Å²) in [4.78, 5) is 50.9. The molecule has 3 amide bonds. The number of amides is 3. The Morgan fingerprint density at radius 2 is 1.71 bits per heavy atom. The number of halogens is 1. The number of aryl methyl sites for hydroxylation is 1. The topological polar surface area (TPSA) is 155 Å². The molecule has 2 aromatic heterocycles. The molecule has 5 rings (SSSR count). The fourth-order valence-electron chi connectivity index (χ4n) is 4.99. The van der Waals surface area contributed by atoms with Crippen LogP contribution < -0.4 is 15.5 Å². The van der Waals surface area contributed by atoms with E-state index in [0.29, 0.717) is 59.4 Å². The van der Waals surface area contributed by atoms with E-state index in [1.54, 1.807) is 47.1 Å². The predicted molar refractivity (Wildman–Crippen MR) is 148 cm³/mol. The largest absolute Gasteiger partial charge is 0.480 e. The summed E-state index contributed by atoms with van der Waals surface area (Å²) in [5.74, 6) is -2.24. The summed E-state index contributed by atoms with van der Waals surface area (Å²) >= 11 is 0. The molecule has 4 aromatic rings. The quantitative estimate of drug-likeness (QED) is 0.283. The number of carbonyl (C=O) groups excluding carboxylic acids is 3. The van der Waals surface area contributed by atoms with Gasteiger partial charge in [0.1, 0.15) is 18.9 Å². The van der Waals surface area contributed by atoms with Crippen molar-refractivity contribution in [3.8, 4) is 11.1 Å². The van der Waals surface area contributed by atoms with Crippen molar-refractivity contribution in [3.05, 3.63) is 42.3 Å². The molecule has 0 unspecified atom stereocenters. The first kappa shape index (κ1) is 27.6. The number of benzene rings is 2. The number of hydrogen-bond acceptors (Lipinski definition) is 7. The van der Waals surface area contributed by atoms with Gasteiger partial charge in [0.2, 0.25) is 17.7 Å². The van der Waals surface area contributed by atoms with Crippen molar-refractivity contribution in [1.29, 1.82) is 0 Å². The minimum absolute atomic E-state index is 0.0173. The van der Waals surface area contributed by atoms with E-state index in [1.165, 1.54) is 17.7 Å². The van der Waals surface area contributed by atoms with Crippen molar-refractivity contribution in [1.82, 2.24) is 35.1 Å². The van der Waals surface area contributed by atoms with E-state index < -0.39 is 36.7 Å². The monoisotopic (exact) mass is 564 g/mol. The summed E-state index contributed by atoms with van der Waals surface area (Å²) in [6.07, 6.45) is 1.60. The maximum atomic E-state index is 15.5. The number of anilines is 1. The molecule has 41 heavy (non-hydrogen) atoms. The Morgan fingerprint density at radius 3 is 2.41 bits per heavy atom. The first-order valence-corrected chi connectivity index (χ1v) is 13.0. The Balaban J connectivity index is 1.52. The number of aliphatic carboxylic acids is 1. The maximum Gasteiger partial charge on any atom is 0.322 e. The number of carboxylic acid groups (broad SMARTS) is 1. The second kappa shape index (κ2) is 11.2. The number of rotatable bonds is 8. The Bertz CT molecular complexity index is 1670. The summed E-state index contributed by atoms with van der Waals surface area (Å²) in [5.41, 5.74) is 2.28. The molecule has 14 heteroatoms. The molecule has 1 saturated heterocycles. The van der Waals surface area contributed by atoms with Crippen LogP contribution in [0.5, 0.6) is 0 Å². The minimum atomic E-state index is -1.20. The second-order valence-corrected chi connectivity index (χ2v) is 9.78. The van der Waals surface area contributed by atoms with Gasteiger partial charge in [-0.25, -0.2) is 4.39 Å². The van der Waals surface area contributed by atoms with Crippen molar-refractivity contribution in [3.63, 3.8) is 0 Å².